The van der Waals surface area contributed by atoms with Crippen molar-refractivity contribution in [2.75, 3.05) is 12.2 Å². The number of halogens is 4. The summed E-state index contributed by atoms with van der Waals surface area (Å²) in [5, 5.41) is 9.90. The smallest absolute Gasteiger partial charge is 0.438 e. The van der Waals surface area contributed by atoms with Gasteiger partial charge in [-0.2, -0.15) is 18.2 Å². The van der Waals surface area contributed by atoms with E-state index in [-0.39, 0.29) is 16.3 Å². The van der Waals surface area contributed by atoms with Crippen LogP contribution in [0.25, 0.3) is 0 Å². The van der Waals surface area contributed by atoms with E-state index in [1.165, 1.54) is 18.2 Å². The molecule has 0 unspecified atom stereocenters. The van der Waals surface area contributed by atoms with Gasteiger partial charge in [-0.15, -0.1) is 0 Å². The van der Waals surface area contributed by atoms with Gasteiger partial charge in [-0.25, -0.2) is 9.18 Å². The maximum absolute atomic E-state index is 14.2. The summed E-state index contributed by atoms with van der Waals surface area (Å²) in [6.45, 7) is 2.73. The van der Waals surface area contributed by atoms with Crippen LogP contribution in [0.3, 0.4) is 0 Å². The molecular weight excluding hydrogens is 382 g/mol. The highest BCUT2D eigenvalue weighted by atomic mass is 19.4. The van der Waals surface area contributed by atoms with Crippen LogP contribution in [0.2, 0.25) is 0 Å². The molecule has 0 bridgehead atoms. The summed E-state index contributed by atoms with van der Waals surface area (Å²) in [6.07, 6.45) is -5.45. The highest BCUT2D eigenvalue weighted by molar-refractivity contribution is 5.85. The molecule has 0 spiro atoms. The molecule has 0 aromatic heterocycles. The van der Waals surface area contributed by atoms with Crippen molar-refractivity contribution in [3.05, 3.63) is 58.4 Å². The van der Waals surface area contributed by atoms with Gasteiger partial charge in [0.2, 0.25) is 0 Å². The van der Waals surface area contributed by atoms with Crippen LogP contribution in [0.4, 0.5) is 28.0 Å². The second kappa shape index (κ2) is 8.47. The number of amides is 1. The number of hydrogen-bond acceptors (Lipinski definition) is 4. The molecule has 2 rings (SSSR count). The van der Waals surface area contributed by atoms with E-state index >= 15 is 0 Å². The Morgan fingerprint density at radius 3 is 2.50 bits per heavy atom. The number of rotatable bonds is 5. The molecule has 0 fully saturated rings. The lowest BCUT2D eigenvalue weighted by Crippen LogP contribution is -2.28. The molecular formula is C19H19F4NO4. The number of ether oxygens (including phenoxy) is 2. The summed E-state index contributed by atoms with van der Waals surface area (Å²) in [5.41, 5.74) is -0.485. The van der Waals surface area contributed by atoms with E-state index in [2.05, 4.69) is 4.74 Å². The summed E-state index contributed by atoms with van der Waals surface area (Å²) in [7, 11) is 1.01. The third-order valence-electron chi connectivity index (χ3n) is 4.17. The largest absolute Gasteiger partial charge is 0.488 e. The maximum atomic E-state index is 14.2. The quantitative estimate of drug-likeness (QED) is 0.422. The zero-order valence-electron chi connectivity index (χ0n) is 15.4. The minimum atomic E-state index is -4.67. The van der Waals surface area contributed by atoms with Crippen LogP contribution in [-0.4, -0.2) is 18.4 Å². The number of nitrogens with zero attached hydrogens (tertiary/aromatic N) is 1. The van der Waals surface area contributed by atoms with Crippen molar-refractivity contribution in [1.82, 2.24) is 0 Å². The Balaban J connectivity index is 2.42. The van der Waals surface area contributed by atoms with Gasteiger partial charge >= 0.3 is 12.3 Å². The van der Waals surface area contributed by atoms with Crippen LogP contribution >= 0.6 is 0 Å². The summed E-state index contributed by atoms with van der Waals surface area (Å²) >= 11 is 0. The Morgan fingerprint density at radius 1 is 1.25 bits per heavy atom. The molecule has 1 N–H and O–H groups in total. The first-order chi connectivity index (χ1) is 13.1. The van der Waals surface area contributed by atoms with Crippen LogP contribution in [0, 0.1) is 12.7 Å². The topological polar surface area (TPSA) is 59.0 Å². The van der Waals surface area contributed by atoms with Crippen molar-refractivity contribution in [2.24, 2.45) is 0 Å². The molecule has 0 saturated carbocycles. The van der Waals surface area contributed by atoms with Crippen molar-refractivity contribution in [2.45, 2.75) is 33.1 Å². The number of aryl methyl sites for hydroxylation is 2. The van der Waals surface area contributed by atoms with Gasteiger partial charge < -0.3 is 9.47 Å². The molecule has 2 aromatic rings. The number of benzene rings is 2. The maximum Gasteiger partial charge on any atom is 0.438 e. The van der Waals surface area contributed by atoms with Gasteiger partial charge in [-0.1, -0.05) is 13.0 Å². The second-order valence-corrected chi connectivity index (χ2v) is 5.93. The fourth-order valence-electron chi connectivity index (χ4n) is 2.67. The van der Waals surface area contributed by atoms with Crippen LogP contribution in [-0.2, 0) is 23.9 Å². The molecule has 5 nitrogen and oxygen atoms in total. The van der Waals surface area contributed by atoms with Gasteiger partial charge in [0.1, 0.15) is 18.2 Å². The minimum Gasteiger partial charge on any atom is -0.488 e. The van der Waals surface area contributed by atoms with Crippen molar-refractivity contribution in [3.8, 4) is 5.75 Å². The van der Waals surface area contributed by atoms with E-state index in [1.54, 1.807) is 13.8 Å². The number of methoxy groups -OCH3 is 1. The Hall–Kier alpha value is -2.81. The van der Waals surface area contributed by atoms with Crippen LogP contribution in [0.5, 0.6) is 5.75 Å². The van der Waals surface area contributed by atoms with Crippen molar-refractivity contribution in [1.29, 1.82) is 0 Å². The Bertz CT molecular complexity index is 868. The lowest BCUT2D eigenvalue weighted by Gasteiger charge is -2.20. The molecule has 0 saturated heterocycles. The average Bonchev–Trinajstić information content (AvgIpc) is 2.64. The molecule has 0 heterocycles. The van der Waals surface area contributed by atoms with Crippen molar-refractivity contribution < 1.29 is 37.0 Å². The van der Waals surface area contributed by atoms with Crippen molar-refractivity contribution in [3.63, 3.8) is 0 Å². The summed E-state index contributed by atoms with van der Waals surface area (Å²) in [6, 6.07) is 5.69. The molecule has 0 aliphatic heterocycles. The number of carbonyl (C=O) groups is 1. The van der Waals surface area contributed by atoms with Crippen LogP contribution < -0.4 is 9.80 Å². The fourth-order valence-corrected chi connectivity index (χ4v) is 2.67. The lowest BCUT2D eigenvalue weighted by atomic mass is 10.0. The summed E-state index contributed by atoms with van der Waals surface area (Å²) < 4.78 is 64.0. The Kier molecular flexibility index (Phi) is 6.50. The zero-order valence-corrected chi connectivity index (χ0v) is 15.4. The number of alkyl halides is 3. The van der Waals surface area contributed by atoms with Gasteiger partial charge in [0.15, 0.2) is 0 Å². The molecule has 0 atom stereocenters. The van der Waals surface area contributed by atoms with Crippen molar-refractivity contribution >= 4 is 11.8 Å². The van der Waals surface area contributed by atoms with E-state index in [1.807, 2.05) is 0 Å². The highest BCUT2D eigenvalue weighted by Gasteiger charge is 2.35. The third kappa shape index (κ3) is 4.53. The van der Waals surface area contributed by atoms with E-state index in [0.717, 1.165) is 19.2 Å². The first-order valence-electron chi connectivity index (χ1n) is 8.28. The molecule has 2 aromatic carbocycles. The van der Waals surface area contributed by atoms with Gasteiger partial charge in [-0.3, -0.25) is 5.21 Å². The minimum absolute atomic E-state index is 0.0534. The van der Waals surface area contributed by atoms with E-state index in [9.17, 15) is 27.6 Å². The lowest BCUT2D eigenvalue weighted by molar-refractivity contribution is -0.139. The summed E-state index contributed by atoms with van der Waals surface area (Å²) in [4.78, 5) is 11.5. The molecule has 0 radical (unpaired) electrons. The molecule has 0 aliphatic carbocycles. The van der Waals surface area contributed by atoms with E-state index < -0.39 is 36.0 Å². The van der Waals surface area contributed by atoms with Gasteiger partial charge in [-0.05, 0) is 48.7 Å². The van der Waals surface area contributed by atoms with Crippen LogP contribution in [0.15, 0.2) is 30.3 Å². The first-order valence-corrected chi connectivity index (χ1v) is 8.28. The normalized spacial score (nSPS) is 11.3. The number of hydrogen-bond donors (Lipinski definition) is 1. The second-order valence-electron chi connectivity index (χ2n) is 5.93. The van der Waals surface area contributed by atoms with Gasteiger partial charge in [0, 0.05) is 0 Å². The number of carbonyl (C=O) groups excluding carboxylic acids is 1. The monoisotopic (exact) mass is 401 g/mol. The highest BCUT2D eigenvalue weighted by Crippen LogP contribution is 2.39. The SMILES string of the molecule is CCc1cc(C(F)(F)F)c(OCc2c(F)cccc2N(O)C(=O)OC)cc1C. The Labute approximate surface area is 159 Å². The van der Waals surface area contributed by atoms with Gasteiger partial charge in [0.05, 0.1) is 23.9 Å². The predicted molar refractivity (Wildman–Crippen MR) is 93.0 cm³/mol. The zero-order chi connectivity index (χ0) is 21.1. The molecule has 9 heteroatoms. The van der Waals surface area contributed by atoms with Gasteiger partial charge in [0.25, 0.3) is 0 Å². The standard InChI is InChI=1S/C19H19F4NO4/c1-4-12-9-14(19(21,22)23)17(8-11(12)2)28-10-13-15(20)6-5-7-16(13)24(26)18(25)27-3/h5-9,26H,4,10H2,1-3H3. The number of anilines is 1. The van der Waals surface area contributed by atoms with E-state index in [0.29, 0.717) is 17.5 Å². The summed E-state index contributed by atoms with van der Waals surface area (Å²) in [5.74, 6) is -1.34. The Morgan fingerprint density at radius 2 is 1.93 bits per heavy atom. The fraction of sp³-hybridized carbons (Fsp3) is 0.316. The molecule has 1 amide bonds. The number of hydroxylamine groups is 1. The molecule has 0 aliphatic rings. The average molecular weight is 401 g/mol. The van der Waals surface area contributed by atoms with E-state index in [4.69, 9.17) is 4.74 Å². The predicted octanol–water partition coefficient (Wildman–Crippen LogP) is 5.26. The first kappa shape index (κ1) is 21.5. The molecule has 152 valence electrons. The third-order valence-corrected chi connectivity index (χ3v) is 4.17. The van der Waals surface area contributed by atoms with Crippen LogP contribution in [0.1, 0.15) is 29.2 Å². The molecule has 28 heavy (non-hydrogen) atoms.